The number of carbonyl (C=O) groups is 2. The number of benzene rings is 1. The summed E-state index contributed by atoms with van der Waals surface area (Å²) in [6, 6.07) is 6.87. The molecule has 2 aliphatic heterocycles. The first-order valence-electron chi connectivity index (χ1n) is 7.78. The lowest BCUT2D eigenvalue weighted by molar-refractivity contribution is -0.141. The smallest absolute Gasteiger partial charge is 0.308 e. The average Bonchev–Trinajstić information content (AvgIpc) is 3.11. The van der Waals surface area contributed by atoms with E-state index in [1.54, 1.807) is 24.3 Å². The molecule has 0 bridgehead atoms. The number of sulfone groups is 1. The van der Waals surface area contributed by atoms with Crippen LogP contribution in [0, 0.1) is 5.92 Å². The number of aliphatic carboxylic acids is 1. The van der Waals surface area contributed by atoms with Crippen LogP contribution in [0.25, 0.3) is 0 Å². The lowest BCUT2D eigenvalue weighted by atomic mass is 9.89. The Morgan fingerprint density at radius 2 is 1.83 bits per heavy atom. The Labute approximate surface area is 145 Å². The van der Waals surface area contributed by atoms with Crippen LogP contribution in [0.1, 0.15) is 24.3 Å². The van der Waals surface area contributed by atoms with Gasteiger partial charge in [-0.1, -0.05) is 23.7 Å². The third-order valence-corrected chi connectivity index (χ3v) is 7.27. The summed E-state index contributed by atoms with van der Waals surface area (Å²) in [5, 5.41) is 9.02. The van der Waals surface area contributed by atoms with E-state index >= 15 is 0 Å². The van der Waals surface area contributed by atoms with E-state index < -0.39 is 32.9 Å². The van der Waals surface area contributed by atoms with Crippen LogP contribution in [0.15, 0.2) is 24.3 Å². The third kappa shape index (κ3) is 3.15. The van der Waals surface area contributed by atoms with Gasteiger partial charge in [0.05, 0.1) is 11.7 Å². The molecule has 1 unspecified atom stereocenters. The van der Waals surface area contributed by atoms with Gasteiger partial charge in [0, 0.05) is 24.0 Å². The molecule has 130 valence electrons. The average molecular weight is 372 g/mol. The highest BCUT2D eigenvalue weighted by atomic mass is 35.5. The van der Waals surface area contributed by atoms with Gasteiger partial charge in [-0.05, 0) is 30.5 Å². The van der Waals surface area contributed by atoms with Gasteiger partial charge in [-0.3, -0.25) is 9.59 Å². The van der Waals surface area contributed by atoms with Gasteiger partial charge in [0.15, 0.2) is 9.84 Å². The van der Waals surface area contributed by atoms with Crippen LogP contribution in [-0.2, 0) is 19.4 Å². The van der Waals surface area contributed by atoms with Crippen molar-refractivity contribution in [3.8, 4) is 0 Å². The minimum absolute atomic E-state index is 0.0280. The molecule has 2 fully saturated rings. The molecule has 1 N–H and O–H groups in total. The predicted octanol–water partition coefficient (Wildman–Crippen LogP) is 1.54. The molecular weight excluding hydrogens is 354 g/mol. The summed E-state index contributed by atoms with van der Waals surface area (Å²) in [6.45, 7) is 0.247. The van der Waals surface area contributed by atoms with Crippen molar-refractivity contribution in [3.63, 3.8) is 0 Å². The van der Waals surface area contributed by atoms with E-state index in [-0.39, 0.29) is 24.8 Å². The number of hydrogen-bond acceptors (Lipinski definition) is 4. The largest absolute Gasteiger partial charge is 0.481 e. The molecule has 2 heterocycles. The van der Waals surface area contributed by atoms with Crippen LogP contribution >= 0.6 is 11.6 Å². The molecule has 3 rings (SSSR count). The summed E-state index contributed by atoms with van der Waals surface area (Å²) in [7, 11) is -3.41. The molecule has 24 heavy (non-hydrogen) atoms. The first-order valence-corrected chi connectivity index (χ1v) is 9.87. The maximum atomic E-state index is 12.6. The maximum absolute atomic E-state index is 12.6. The Hall–Kier alpha value is -1.60. The number of rotatable bonds is 3. The van der Waals surface area contributed by atoms with Crippen LogP contribution in [0.2, 0.25) is 5.02 Å². The summed E-state index contributed by atoms with van der Waals surface area (Å²) < 4.78 is 24.0. The van der Waals surface area contributed by atoms with Crippen molar-refractivity contribution < 1.29 is 23.1 Å². The summed E-state index contributed by atoms with van der Waals surface area (Å²) in [4.78, 5) is 25.6. The van der Waals surface area contributed by atoms with E-state index in [9.17, 15) is 23.1 Å². The lowest BCUT2D eigenvalue weighted by Crippen LogP contribution is -2.40. The highest BCUT2D eigenvalue weighted by molar-refractivity contribution is 7.93. The molecule has 1 aromatic carbocycles. The van der Waals surface area contributed by atoms with Crippen LogP contribution in [0.5, 0.6) is 0 Å². The van der Waals surface area contributed by atoms with Gasteiger partial charge in [0.25, 0.3) is 0 Å². The number of carboxylic acids is 1. The second-order valence-corrected chi connectivity index (χ2v) is 9.08. The van der Waals surface area contributed by atoms with Crippen molar-refractivity contribution >= 4 is 33.3 Å². The number of carbonyl (C=O) groups excluding carboxylic acids is 1. The molecule has 0 radical (unpaired) electrons. The van der Waals surface area contributed by atoms with Crippen molar-refractivity contribution in [2.45, 2.75) is 24.0 Å². The number of likely N-dealkylation sites (tertiary alicyclic amines) is 1. The SMILES string of the molecule is O=C(O)[C@@H]1CN(C(=O)C2CCCS2(=O)=O)C[C@H]1c1ccc(Cl)cc1. The van der Waals surface area contributed by atoms with Gasteiger partial charge in [-0.25, -0.2) is 8.42 Å². The highest BCUT2D eigenvalue weighted by Crippen LogP contribution is 2.35. The topological polar surface area (TPSA) is 91.8 Å². The fraction of sp³-hybridized carbons (Fsp3) is 0.500. The van der Waals surface area contributed by atoms with E-state index in [1.165, 1.54) is 4.90 Å². The quantitative estimate of drug-likeness (QED) is 0.870. The van der Waals surface area contributed by atoms with Crippen molar-refractivity contribution in [3.05, 3.63) is 34.9 Å². The van der Waals surface area contributed by atoms with Crippen LogP contribution < -0.4 is 0 Å². The fourth-order valence-corrected chi connectivity index (χ4v) is 5.52. The van der Waals surface area contributed by atoms with Crippen LogP contribution in [0.4, 0.5) is 0 Å². The Kier molecular flexibility index (Phi) is 4.57. The molecule has 1 aromatic rings. The van der Waals surface area contributed by atoms with Crippen molar-refractivity contribution in [1.29, 1.82) is 0 Å². The summed E-state index contributed by atoms with van der Waals surface area (Å²) >= 11 is 5.87. The first-order chi connectivity index (χ1) is 11.3. The van der Waals surface area contributed by atoms with Gasteiger partial charge in [-0.15, -0.1) is 0 Å². The van der Waals surface area contributed by atoms with Gasteiger partial charge in [-0.2, -0.15) is 0 Å². The third-order valence-electron chi connectivity index (χ3n) is 4.85. The van der Waals surface area contributed by atoms with Gasteiger partial charge >= 0.3 is 5.97 Å². The molecule has 0 spiro atoms. The van der Waals surface area contributed by atoms with E-state index in [4.69, 9.17) is 11.6 Å². The van der Waals surface area contributed by atoms with E-state index in [1.807, 2.05) is 0 Å². The zero-order valence-corrected chi connectivity index (χ0v) is 14.5. The fourth-order valence-electron chi connectivity index (χ4n) is 3.55. The van der Waals surface area contributed by atoms with Crippen molar-refractivity contribution in [2.24, 2.45) is 5.92 Å². The first kappa shape index (κ1) is 17.2. The van der Waals surface area contributed by atoms with Gasteiger partial charge in [0.1, 0.15) is 5.25 Å². The monoisotopic (exact) mass is 371 g/mol. The van der Waals surface area contributed by atoms with Crippen LogP contribution in [0.3, 0.4) is 0 Å². The molecule has 8 heteroatoms. The van der Waals surface area contributed by atoms with E-state index in [0.717, 1.165) is 5.56 Å². The second kappa shape index (κ2) is 6.37. The standard InChI is InChI=1S/C16H18ClNO5S/c17-11-5-3-10(4-6-11)12-8-18(9-13(12)16(20)21)15(19)14-2-1-7-24(14,22)23/h3-6,12-14H,1-2,7-9H2,(H,20,21)/t12-,13+,14?/m0/s1. The highest BCUT2D eigenvalue weighted by Gasteiger charge is 2.45. The van der Waals surface area contributed by atoms with Gasteiger partial charge in [0.2, 0.25) is 5.91 Å². The summed E-state index contributed by atoms with van der Waals surface area (Å²) in [5.41, 5.74) is 0.788. The minimum Gasteiger partial charge on any atom is -0.481 e. The van der Waals surface area contributed by atoms with E-state index in [0.29, 0.717) is 17.9 Å². The van der Waals surface area contributed by atoms with Crippen molar-refractivity contribution in [1.82, 2.24) is 4.90 Å². The molecular formula is C16H18ClNO5S. The summed E-state index contributed by atoms with van der Waals surface area (Å²) in [5.74, 6) is -2.54. The van der Waals surface area contributed by atoms with Gasteiger partial charge < -0.3 is 10.0 Å². The molecule has 3 atom stereocenters. The molecule has 6 nitrogen and oxygen atoms in total. The Morgan fingerprint density at radius 3 is 2.38 bits per heavy atom. The Bertz CT molecular complexity index is 761. The summed E-state index contributed by atoms with van der Waals surface area (Å²) in [6.07, 6.45) is 0.802. The predicted molar refractivity (Wildman–Crippen MR) is 88.7 cm³/mol. The molecule has 2 aliphatic rings. The van der Waals surface area contributed by atoms with Crippen molar-refractivity contribution in [2.75, 3.05) is 18.8 Å². The lowest BCUT2D eigenvalue weighted by Gasteiger charge is -2.20. The zero-order valence-electron chi connectivity index (χ0n) is 12.9. The zero-order chi connectivity index (χ0) is 17.5. The molecule has 0 aliphatic carbocycles. The molecule has 1 amide bonds. The number of hydrogen-bond donors (Lipinski definition) is 1. The second-order valence-electron chi connectivity index (χ2n) is 6.34. The normalized spacial score (nSPS) is 28.9. The Balaban J connectivity index is 1.84. The molecule has 2 saturated heterocycles. The van der Waals surface area contributed by atoms with Crippen LogP contribution in [-0.4, -0.2) is 54.4 Å². The Morgan fingerprint density at radius 1 is 1.17 bits per heavy atom. The maximum Gasteiger partial charge on any atom is 0.308 e. The molecule has 0 aromatic heterocycles. The number of amides is 1. The number of halogens is 1. The number of nitrogens with zero attached hydrogens (tertiary/aromatic N) is 1. The number of carboxylic acid groups (broad SMARTS) is 1. The van der Waals surface area contributed by atoms with E-state index in [2.05, 4.69) is 0 Å². The molecule has 0 saturated carbocycles. The minimum atomic E-state index is -3.41.